The number of hydrogen-bond acceptors (Lipinski definition) is 6. The molecule has 1 aliphatic rings. The molecule has 0 saturated carbocycles. The second-order valence-electron chi connectivity index (χ2n) is 6.37. The number of benzene rings is 2. The second-order valence-corrected chi connectivity index (χ2v) is 7.38. The third kappa shape index (κ3) is 3.72. The van der Waals surface area contributed by atoms with E-state index in [9.17, 15) is 9.59 Å². The van der Waals surface area contributed by atoms with Gasteiger partial charge in [-0.15, -0.1) is 10.2 Å². The number of amides is 2. The molecule has 1 aromatic heterocycles. The molecule has 1 N–H and O–H groups in total. The third-order valence-corrected chi connectivity index (χ3v) is 5.56. The molecule has 1 aliphatic heterocycles. The van der Waals surface area contributed by atoms with Gasteiger partial charge in [0.1, 0.15) is 10.8 Å². The number of nitrogens with one attached hydrogen (secondary N) is 1. The van der Waals surface area contributed by atoms with Crippen molar-refractivity contribution in [2.24, 2.45) is 0 Å². The van der Waals surface area contributed by atoms with Crippen molar-refractivity contribution in [3.63, 3.8) is 0 Å². The lowest BCUT2D eigenvalue weighted by Crippen LogP contribution is -2.24. The maximum absolute atomic E-state index is 12.5. The summed E-state index contributed by atoms with van der Waals surface area (Å²) < 4.78 is 5.16. The maximum Gasteiger partial charge on any atom is 0.257 e. The Hall–Kier alpha value is -3.26. The molecule has 3 aromatic rings. The van der Waals surface area contributed by atoms with Crippen LogP contribution in [-0.4, -0.2) is 35.7 Å². The van der Waals surface area contributed by atoms with Crippen LogP contribution in [-0.2, 0) is 4.79 Å². The van der Waals surface area contributed by atoms with Gasteiger partial charge in [0, 0.05) is 30.1 Å². The van der Waals surface area contributed by atoms with Gasteiger partial charge in [-0.25, -0.2) is 0 Å². The van der Waals surface area contributed by atoms with E-state index in [2.05, 4.69) is 15.5 Å². The lowest BCUT2D eigenvalue weighted by Gasteiger charge is -2.16. The fourth-order valence-electron chi connectivity index (χ4n) is 3.09. The van der Waals surface area contributed by atoms with Crippen LogP contribution in [0.1, 0.15) is 27.7 Å². The normalized spacial score (nSPS) is 16.2. The van der Waals surface area contributed by atoms with Crippen LogP contribution < -0.4 is 15.0 Å². The smallest absolute Gasteiger partial charge is 0.257 e. The fourth-order valence-corrected chi connectivity index (χ4v) is 3.92. The standard InChI is InChI=1S/C20H18N4O3S/c1-27-16-9-7-15(8-10-16)24-12-14(11-17(24)25)19-22-23-20(28-19)21-18(26)13-5-3-2-4-6-13/h2-10,14H,11-12H2,1H3,(H,21,23,26). The van der Waals surface area contributed by atoms with E-state index in [1.165, 1.54) is 11.3 Å². The molecule has 1 unspecified atom stereocenters. The molecular weight excluding hydrogens is 376 g/mol. The Labute approximate surface area is 166 Å². The topological polar surface area (TPSA) is 84.4 Å². The zero-order valence-electron chi connectivity index (χ0n) is 15.2. The minimum atomic E-state index is -0.231. The van der Waals surface area contributed by atoms with Crippen molar-refractivity contribution in [2.45, 2.75) is 12.3 Å². The van der Waals surface area contributed by atoms with Gasteiger partial charge in [0.2, 0.25) is 11.0 Å². The molecule has 28 heavy (non-hydrogen) atoms. The summed E-state index contributed by atoms with van der Waals surface area (Å²) in [5.74, 6) is 0.509. The van der Waals surface area contributed by atoms with Crippen LogP contribution >= 0.6 is 11.3 Å². The Morgan fingerprint density at radius 3 is 2.61 bits per heavy atom. The number of aromatic nitrogens is 2. The summed E-state index contributed by atoms with van der Waals surface area (Å²) in [7, 11) is 1.61. The lowest BCUT2D eigenvalue weighted by molar-refractivity contribution is -0.117. The Morgan fingerprint density at radius 1 is 1.14 bits per heavy atom. The van der Waals surface area contributed by atoms with Gasteiger partial charge < -0.3 is 9.64 Å². The molecule has 0 radical (unpaired) electrons. The van der Waals surface area contributed by atoms with E-state index in [-0.39, 0.29) is 17.7 Å². The Morgan fingerprint density at radius 2 is 1.89 bits per heavy atom. The molecule has 2 aromatic carbocycles. The predicted molar refractivity (Wildman–Crippen MR) is 107 cm³/mol. The van der Waals surface area contributed by atoms with Crippen molar-refractivity contribution in [1.82, 2.24) is 10.2 Å². The van der Waals surface area contributed by atoms with Gasteiger partial charge in [0.05, 0.1) is 7.11 Å². The molecule has 142 valence electrons. The molecule has 0 spiro atoms. The van der Waals surface area contributed by atoms with Gasteiger partial charge in [-0.2, -0.15) is 0 Å². The minimum absolute atomic E-state index is 0.0419. The fraction of sp³-hybridized carbons (Fsp3) is 0.200. The van der Waals surface area contributed by atoms with Crippen molar-refractivity contribution < 1.29 is 14.3 Å². The van der Waals surface area contributed by atoms with Gasteiger partial charge in [-0.3, -0.25) is 14.9 Å². The van der Waals surface area contributed by atoms with Crippen LogP contribution in [0.4, 0.5) is 10.8 Å². The number of carbonyl (C=O) groups excluding carboxylic acids is 2. The highest BCUT2D eigenvalue weighted by Gasteiger charge is 2.34. The number of ether oxygens (including phenoxy) is 1. The number of anilines is 2. The molecule has 2 amide bonds. The molecule has 7 nitrogen and oxygen atoms in total. The van der Waals surface area contributed by atoms with E-state index in [0.717, 1.165) is 16.4 Å². The molecule has 1 atom stereocenters. The molecule has 1 fully saturated rings. The largest absolute Gasteiger partial charge is 0.497 e. The van der Waals surface area contributed by atoms with Crippen LogP contribution in [0, 0.1) is 0 Å². The predicted octanol–water partition coefficient (Wildman–Crippen LogP) is 3.32. The molecule has 2 heterocycles. The Kier molecular flexibility index (Phi) is 5.03. The van der Waals surface area contributed by atoms with Crippen LogP contribution in [0.5, 0.6) is 5.75 Å². The molecule has 0 bridgehead atoms. The summed E-state index contributed by atoms with van der Waals surface area (Å²) in [6.45, 7) is 0.534. The highest BCUT2D eigenvalue weighted by atomic mass is 32.1. The summed E-state index contributed by atoms with van der Waals surface area (Å²) in [5.41, 5.74) is 1.39. The first-order chi connectivity index (χ1) is 13.6. The van der Waals surface area contributed by atoms with E-state index >= 15 is 0 Å². The zero-order chi connectivity index (χ0) is 19.5. The van der Waals surface area contributed by atoms with Gasteiger partial charge in [0.15, 0.2) is 0 Å². The molecular formula is C20H18N4O3S. The monoisotopic (exact) mass is 394 g/mol. The SMILES string of the molecule is COc1ccc(N2CC(c3nnc(NC(=O)c4ccccc4)s3)CC2=O)cc1. The van der Waals surface area contributed by atoms with Crippen molar-refractivity contribution in [1.29, 1.82) is 0 Å². The average molecular weight is 394 g/mol. The molecule has 4 rings (SSSR count). The Balaban J connectivity index is 1.44. The first-order valence-corrected chi connectivity index (χ1v) is 9.60. The first kappa shape index (κ1) is 18.1. The molecule has 0 aliphatic carbocycles. The van der Waals surface area contributed by atoms with Gasteiger partial charge in [-0.1, -0.05) is 29.5 Å². The number of methoxy groups -OCH3 is 1. The first-order valence-electron chi connectivity index (χ1n) is 8.78. The van der Waals surface area contributed by atoms with Crippen molar-refractivity contribution in [2.75, 3.05) is 23.9 Å². The number of nitrogens with zero attached hydrogens (tertiary/aromatic N) is 3. The van der Waals surface area contributed by atoms with Crippen LogP contribution in [0.25, 0.3) is 0 Å². The summed E-state index contributed by atoms with van der Waals surface area (Å²) >= 11 is 1.31. The number of hydrogen-bond donors (Lipinski definition) is 1. The quantitative estimate of drug-likeness (QED) is 0.718. The highest BCUT2D eigenvalue weighted by molar-refractivity contribution is 7.15. The Bertz CT molecular complexity index is 988. The zero-order valence-corrected chi connectivity index (χ0v) is 16.0. The van der Waals surface area contributed by atoms with E-state index in [4.69, 9.17) is 4.74 Å². The van der Waals surface area contributed by atoms with E-state index in [1.807, 2.05) is 30.3 Å². The van der Waals surface area contributed by atoms with Crippen molar-refractivity contribution in [3.8, 4) is 5.75 Å². The van der Waals surface area contributed by atoms with Crippen LogP contribution in [0.15, 0.2) is 54.6 Å². The van der Waals surface area contributed by atoms with Crippen LogP contribution in [0.2, 0.25) is 0 Å². The second kappa shape index (κ2) is 7.77. The van der Waals surface area contributed by atoms with Gasteiger partial charge >= 0.3 is 0 Å². The van der Waals surface area contributed by atoms with Crippen LogP contribution in [0.3, 0.4) is 0 Å². The van der Waals surface area contributed by atoms with E-state index in [1.54, 1.807) is 36.3 Å². The summed E-state index contributed by atoms with van der Waals surface area (Å²) in [6.07, 6.45) is 0.368. The lowest BCUT2D eigenvalue weighted by atomic mass is 10.1. The minimum Gasteiger partial charge on any atom is -0.497 e. The highest BCUT2D eigenvalue weighted by Crippen LogP contribution is 2.34. The number of rotatable bonds is 5. The third-order valence-electron chi connectivity index (χ3n) is 4.56. The molecule has 1 saturated heterocycles. The summed E-state index contributed by atoms with van der Waals surface area (Å²) in [4.78, 5) is 26.4. The van der Waals surface area contributed by atoms with E-state index in [0.29, 0.717) is 23.7 Å². The van der Waals surface area contributed by atoms with Crippen molar-refractivity contribution in [3.05, 3.63) is 65.2 Å². The van der Waals surface area contributed by atoms with Gasteiger partial charge in [-0.05, 0) is 36.4 Å². The molecule has 8 heteroatoms. The van der Waals surface area contributed by atoms with Gasteiger partial charge in [0.25, 0.3) is 5.91 Å². The summed E-state index contributed by atoms with van der Waals surface area (Å²) in [6, 6.07) is 16.3. The average Bonchev–Trinajstić information content (AvgIpc) is 3.35. The maximum atomic E-state index is 12.5. The van der Waals surface area contributed by atoms with E-state index < -0.39 is 0 Å². The van der Waals surface area contributed by atoms with Crippen molar-refractivity contribution >= 4 is 34.0 Å². The number of carbonyl (C=O) groups is 2. The summed E-state index contributed by atoms with van der Waals surface area (Å²) in [5, 5.41) is 12.2.